The van der Waals surface area contributed by atoms with Crippen molar-refractivity contribution in [2.24, 2.45) is 17.3 Å². The van der Waals surface area contributed by atoms with Gasteiger partial charge in [-0.25, -0.2) is 4.58 Å². The molecular weight excluding hydrogens is 364 g/mol. The van der Waals surface area contributed by atoms with Crippen molar-refractivity contribution in [3.8, 4) is 5.75 Å². The fourth-order valence-electron chi connectivity index (χ4n) is 6.19. The molecule has 0 radical (unpaired) electrons. The third-order valence-corrected chi connectivity index (χ3v) is 10.00. The van der Waals surface area contributed by atoms with Crippen molar-refractivity contribution in [2.45, 2.75) is 90.3 Å². The van der Waals surface area contributed by atoms with E-state index in [-0.39, 0.29) is 5.41 Å². The van der Waals surface area contributed by atoms with E-state index in [0.29, 0.717) is 23.5 Å². The molecule has 4 atom stereocenters. The second-order valence-electron chi connectivity index (χ2n) is 10.2. The van der Waals surface area contributed by atoms with Gasteiger partial charge >= 0.3 is 0 Å². The summed E-state index contributed by atoms with van der Waals surface area (Å²) < 4.78 is 5.90. The third-order valence-electron chi connectivity index (χ3n) is 7.90. The Balaban J connectivity index is 1.47. The molecule has 0 aromatic heterocycles. The van der Waals surface area contributed by atoms with Crippen LogP contribution in [-0.4, -0.2) is 14.1 Å². The molecule has 0 spiro atoms. The SMILES string of the molecule is CCCC[Si](C)(C)OOc1ccc2c(c1)CC[C@@H]1[C@@H]2CC[C@]2(C)C(=O)CC[C@@H]12. The highest BCUT2D eigenvalue weighted by molar-refractivity contribution is 6.70. The molecule has 3 nitrogen and oxygen atoms in total. The second-order valence-corrected chi connectivity index (χ2v) is 14.4. The quantitative estimate of drug-likeness (QED) is 0.314. The van der Waals surface area contributed by atoms with E-state index < -0.39 is 8.32 Å². The molecule has 1 aromatic rings. The summed E-state index contributed by atoms with van der Waals surface area (Å²) in [6.07, 6.45) is 8.86. The molecule has 0 bridgehead atoms. The molecule has 3 aliphatic carbocycles. The normalized spacial score (nSPS) is 31.9. The van der Waals surface area contributed by atoms with Crippen LogP contribution < -0.4 is 4.89 Å². The van der Waals surface area contributed by atoms with Crippen LogP contribution in [0.25, 0.3) is 0 Å². The molecule has 0 unspecified atom stereocenters. The number of carbonyl (C=O) groups is 1. The maximum Gasteiger partial charge on any atom is 0.248 e. The number of Topliss-reactive ketones (excluding diaryl/α,β-unsaturated/α-hetero) is 1. The molecule has 0 amide bonds. The number of hydrogen-bond donors (Lipinski definition) is 0. The highest BCUT2D eigenvalue weighted by atomic mass is 28.4. The van der Waals surface area contributed by atoms with Crippen molar-refractivity contribution in [3.05, 3.63) is 29.3 Å². The van der Waals surface area contributed by atoms with E-state index in [1.54, 1.807) is 0 Å². The van der Waals surface area contributed by atoms with Crippen LogP contribution in [-0.2, 0) is 15.8 Å². The van der Waals surface area contributed by atoms with E-state index in [0.717, 1.165) is 43.9 Å². The molecule has 2 fully saturated rings. The van der Waals surface area contributed by atoms with Gasteiger partial charge in [0, 0.05) is 11.8 Å². The fourth-order valence-corrected chi connectivity index (χ4v) is 7.80. The van der Waals surface area contributed by atoms with Crippen LogP contribution in [0.2, 0.25) is 19.1 Å². The van der Waals surface area contributed by atoms with Gasteiger partial charge in [-0.1, -0.05) is 32.8 Å². The number of ketones is 1. The summed E-state index contributed by atoms with van der Waals surface area (Å²) in [6, 6.07) is 7.73. The highest BCUT2D eigenvalue weighted by Crippen LogP contribution is 2.59. The zero-order chi connectivity index (χ0) is 19.9. The zero-order valence-electron chi connectivity index (χ0n) is 18.1. The van der Waals surface area contributed by atoms with E-state index in [9.17, 15) is 4.79 Å². The van der Waals surface area contributed by atoms with Crippen LogP contribution in [0.3, 0.4) is 0 Å². The van der Waals surface area contributed by atoms with Crippen molar-refractivity contribution in [3.63, 3.8) is 0 Å². The minimum atomic E-state index is -1.75. The molecule has 0 aliphatic heterocycles. The largest absolute Gasteiger partial charge is 0.349 e. The number of unbranched alkanes of at least 4 members (excludes halogenated alkanes) is 1. The maximum atomic E-state index is 12.5. The van der Waals surface area contributed by atoms with Gasteiger partial charge in [-0.2, -0.15) is 0 Å². The number of carbonyl (C=O) groups excluding carboxylic acids is 1. The Labute approximate surface area is 171 Å². The highest BCUT2D eigenvalue weighted by Gasteiger charge is 2.54. The molecule has 0 heterocycles. The van der Waals surface area contributed by atoms with E-state index in [4.69, 9.17) is 9.46 Å². The first-order valence-electron chi connectivity index (χ1n) is 11.4. The molecule has 28 heavy (non-hydrogen) atoms. The summed E-state index contributed by atoms with van der Waals surface area (Å²) >= 11 is 0. The topological polar surface area (TPSA) is 35.5 Å². The third kappa shape index (κ3) is 3.58. The minimum absolute atomic E-state index is 0.0374. The van der Waals surface area contributed by atoms with E-state index in [1.807, 2.05) is 0 Å². The van der Waals surface area contributed by atoms with Crippen molar-refractivity contribution >= 4 is 14.1 Å². The lowest BCUT2D eigenvalue weighted by atomic mass is 9.55. The van der Waals surface area contributed by atoms with Crippen molar-refractivity contribution in [2.75, 3.05) is 0 Å². The number of rotatable bonds is 6. The fraction of sp³-hybridized carbons (Fsp3) is 0.708. The second kappa shape index (κ2) is 7.60. The molecule has 1 aromatic carbocycles. The van der Waals surface area contributed by atoms with Gasteiger partial charge in [-0.15, -0.1) is 0 Å². The van der Waals surface area contributed by atoms with Gasteiger partial charge < -0.3 is 4.89 Å². The standard InChI is InChI=1S/C24H36O3Si/c1-5-6-15-28(3,4)27-26-18-8-10-19-17(16-18)7-9-21-20(19)13-14-24(2)22(21)11-12-23(24)25/h8,10,16,20-22H,5-7,9,11-15H2,1-4H3/t20-,21-,22+,24+/m1/s1. The smallest absolute Gasteiger partial charge is 0.248 e. The lowest BCUT2D eigenvalue weighted by Gasteiger charge is -2.48. The first kappa shape index (κ1) is 20.2. The first-order valence-corrected chi connectivity index (χ1v) is 14.5. The monoisotopic (exact) mass is 400 g/mol. The summed E-state index contributed by atoms with van der Waals surface area (Å²) in [4.78, 5) is 18.3. The van der Waals surface area contributed by atoms with Crippen molar-refractivity contribution in [1.29, 1.82) is 0 Å². The molecule has 154 valence electrons. The van der Waals surface area contributed by atoms with Crippen LogP contribution in [0, 0.1) is 17.3 Å². The Morgan fingerprint density at radius 1 is 1.18 bits per heavy atom. The van der Waals surface area contributed by atoms with Gasteiger partial charge in [-0.3, -0.25) is 4.79 Å². The molecule has 0 saturated heterocycles. The summed E-state index contributed by atoms with van der Waals surface area (Å²) in [7, 11) is -1.75. The lowest BCUT2D eigenvalue weighted by Crippen LogP contribution is -2.42. The maximum absolute atomic E-state index is 12.5. The Morgan fingerprint density at radius 3 is 2.79 bits per heavy atom. The number of benzene rings is 1. The average Bonchev–Trinajstić information content (AvgIpc) is 2.99. The van der Waals surface area contributed by atoms with Gasteiger partial charge in [0.05, 0.1) is 0 Å². The van der Waals surface area contributed by atoms with Crippen molar-refractivity contribution in [1.82, 2.24) is 0 Å². The number of aryl methyl sites for hydroxylation is 1. The van der Waals surface area contributed by atoms with Gasteiger partial charge in [-0.05, 0) is 92.3 Å². The van der Waals surface area contributed by atoms with E-state index in [2.05, 4.69) is 45.1 Å². The minimum Gasteiger partial charge on any atom is -0.349 e. The molecule has 4 rings (SSSR count). The Bertz CT molecular complexity index is 743. The summed E-state index contributed by atoms with van der Waals surface area (Å²) in [5, 5.41) is 0. The molecule has 4 heteroatoms. The Morgan fingerprint density at radius 2 is 2.00 bits per heavy atom. The van der Waals surface area contributed by atoms with E-state index in [1.165, 1.54) is 30.4 Å². The van der Waals surface area contributed by atoms with Gasteiger partial charge in [0.1, 0.15) is 5.78 Å². The number of hydrogen-bond acceptors (Lipinski definition) is 3. The van der Waals surface area contributed by atoms with Gasteiger partial charge in [0.15, 0.2) is 5.75 Å². The average molecular weight is 401 g/mol. The van der Waals surface area contributed by atoms with Crippen LogP contribution in [0.1, 0.15) is 75.8 Å². The Kier molecular flexibility index (Phi) is 5.47. The van der Waals surface area contributed by atoms with E-state index >= 15 is 0 Å². The van der Waals surface area contributed by atoms with Crippen LogP contribution in [0.15, 0.2) is 18.2 Å². The van der Waals surface area contributed by atoms with Crippen molar-refractivity contribution < 1.29 is 14.3 Å². The molecule has 0 N–H and O–H groups in total. The van der Waals surface area contributed by atoms with Gasteiger partial charge in [0.25, 0.3) is 0 Å². The predicted molar refractivity (Wildman–Crippen MR) is 115 cm³/mol. The first-order chi connectivity index (χ1) is 13.3. The molecule has 2 saturated carbocycles. The summed E-state index contributed by atoms with van der Waals surface area (Å²) in [5.41, 5.74) is 2.90. The number of fused-ring (bicyclic) bond motifs is 5. The lowest BCUT2D eigenvalue weighted by molar-refractivity contribution is -0.129. The molecule has 3 aliphatic rings. The predicted octanol–water partition coefficient (Wildman–Crippen LogP) is 6.43. The van der Waals surface area contributed by atoms with Crippen LogP contribution in [0.4, 0.5) is 0 Å². The van der Waals surface area contributed by atoms with Crippen LogP contribution in [0.5, 0.6) is 5.75 Å². The molecular formula is C24H36O3Si. The zero-order valence-corrected chi connectivity index (χ0v) is 19.1. The summed E-state index contributed by atoms with van der Waals surface area (Å²) in [5.74, 6) is 3.28. The summed E-state index contributed by atoms with van der Waals surface area (Å²) in [6.45, 7) is 8.93. The Hall–Kier alpha value is -1.13. The van der Waals surface area contributed by atoms with Crippen LogP contribution >= 0.6 is 0 Å². The van der Waals surface area contributed by atoms with Gasteiger partial charge in [0.2, 0.25) is 8.32 Å².